The normalized spacial score (nSPS) is 21.3. The van der Waals surface area contributed by atoms with Gasteiger partial charge in [-0.15, -0.1) is 0 Å². The van der Waals surface area contributed by atoms with Gasteiger partial charge in [0, 0.05) is 12.5 Å². The maximum atomic E-state index is 9.68. The van der Waals surface area contributed by atoms with Crippen molar-refractivity contribution in [3.05, 3.63) is 69.1 Å². The Hall–Kier alpha value is -2.16. The molecule has 0 spiro atoms. The second-order valence-electron chi connectivity index (χ2n) is 7.77. The van der Waals surface area contributed by atoms with Crippen molar-refractivity contribution in [3.8, 4) is 0 Å². The highest BCUT2D eigenvalue weighted by molar-refractivity contribution is 5.94. The van der Waals surface area contributed by atoms with E-state index >= 15 is 0 Å². The molecule has 0 saturated heterocycles. The van der Waals surface area contributed by atoms with Crippen LogP contribution in [0.25, 0.3) is 22.4 Å². The van der Waals surface area contributed by atoms with E-state index in [0.717, 1.165) is 37.7 Å². The van der Waals surface area contributed by atoms with Crippen molar-refractivity contribution in [2.75, 3.05) is 13.2 Å². The fourth-order valence-electron chi connectivity index (χ4n) is 5.02. The van der Waals surface area contributed by atoms with Crippen molar-refractivity contribution in [1.29, 1.82) is 0 Å². The Morgan fingerprint density at radius 1 is 0.923 bits per heavy atom. The number of rotatable bonds is 3. The molecule has 1 unspecified atom stereocenters. The lowest BCUT2D eigenvalue weighted by Gasteiger charge is -2.26. The molecule has 0 heterocycles. The molecule has 5 rings (SSSR count). The Morgan fingerprint density at radius 3 is 2.62 bits per heavy atom. The lowest BCUT2D eigenvalue weighted by atomic mass is 9.79. The van der Waals surface area contributed by atoms with E-state index in [4.69, 9.17) is 0 Å². The van der Waals surface area contributed by atoms with Crippen LogP contribution in [-0.4, -0.2) is 23.4 Å². The molecule has 0 amide bonds. The highest BCUT2D eigenvalue weighted by atomic mass is 16.3. The van der Waals surface area contributed by atoms with Gasteiger partial charge in [-0.3, -0.25) is 0 Å². The largest absolute Gasteiger partial charge is 0.396 e. The van der Waals surface area contributed by atoms with Crippen LogP contribution in [0.4, 0.5) is 0 Å². The molecule has 3 aliphatic rings. The number of hydrogen-bond acceptors (Lipinski definition) is 2. The summed E-state index contributed by atoms with van der Waals surface area (Å²) in [6.07, 6.45) is 11.8. The molecule has 0 aromatic heterocycles. The molecule has 0 radical (unpaired) electrons. The van der Waals surface area contributed by atoms with E-state index in [-0.39, 0.29) is 19.1 Å². The van der Waals surface area contributed by atoms with Crippen LogP contribution in [-0.2, 0) is 12.8 Å². The third-order valence-corrected chi connectivity index (χ3v) is 6.21. The van der Waals surface area contributed by atoms with Crippen molar-refractivity contribution in [2.45, 2.75) is 32.1 Å². The van der Waals surface area contributed by atoms with E-state index in [1.54, 1.807) is 0 Å². The summed E-state index contributed by atoms with van der Waals surface area (Å²) in [6, 6.07) is 9.24. The van der Waals surface area contributed by atoms with Gasteiger partial charge in [-0.25, -0.2) is 0 Å². The predicted molar refractivity (Wildman–Crippen MR) is 106 cm³/mol. The van der Waals surface area contributed by atoms with E-state index in [1.807, 2.05) is 6.08 Å². The molecule has 0 saturated carbocycles. The van der Waals surface area contributed by atoms with Crippen LogP contribution in [0.3, 0.4) is 0 Å². The van der Waals surface area contributed by atoms with Gasteiger partial charge in [-0.2, -0.15) is 0 Å². The quantitative estimate of drug-likeness (QED) is 0.898. The maximum Gasteiger partial charge on any atom is 0.0679 e. The van der Waals surface area contributed by atoms with Crippen LogP contribution >= 0.6 is 0 Å². The predicted octanol–water partition coefficient (Wildman–Crippen LogP) is 2.52. The van der Waals surface area contributed by atoms with Gasteiger partial charge < -0.3 is 10.2 Å². The van der Waals surface area contributed by atoms with Crippen molar-refractivity contribution in [2.24, 2.45) is 5.92 Å². The minimum atomic E-state index is 0.0390. The zero-order chi connectivity index (χ0) is 17.7. The fourth-order valence-corrected chi connectivity index (χ4v) is 5.02. The summed E-state index contributed by atoms with van der Waals surface area (Å²) in [4.78, 5) is 0. The number of aliphatic hydroxyl groups excluding tert-OH is 2. The zero-order valence-electron chi connectivity index (χ0n) is 15.0. The van der Waals surface area contributed by atoms with Crippen LogP contribution in [0.15, 0.2) is 47.6 Å². The summed E-state index contributed by atoms with van der Waals surface area (Å²) >= 11 is 0. The molecule has 2 aromatic rings. The molecular weight excluding hydrogens is 320 g/mol. The minimum Gasteiger partial charge on any atom is -0.396 e. The van der Waals surface area contributed by atoms with Crippen molar-refractivity contribution in [3.63, 3.8) is 0 Å². The smallest absolute Gasteiger partial charge is 0.0679 e. The van der Waals surface area contributed by atoms with Crippen molar-refractivity contribution < 1.29 is 10.2 Å². The highest BCUT2D eigenvalue weighted by Crippen LogP contribution is 2.34. The molecule has 26 heavy (non-hydrogen) atoms. The molecule has 2 aromatic carbocycles. The second kappa shape index (κ2) is 6.22. The first-order valence-electron chi connectivity index (χ1n) is 9.68. The fraction of sp³-hybridized carbons (Fsp3) is 0.333. The van der Waals surface area contributed by atoms with Gasteiger partial charge in [0.2, 0.25) is 0 Å². The van der Waals surface area contributed by atoms with Crippen LogP contribution in [0.1, 0.15) is 30.4 Å². The lowest BCUT2D eigenvalue weighted by molar-refractivity contribution is 0.249. The average Bonchev–Trinajstić information content (AvgIpc) is 2.71. The van der Waals surface area contributed by atoms with Crippen molar-refractivity contribution >= 4 is 22.4 Å². The Balaban J connectivity index is 1.81. The van der Waals surface area contributed by atoms with E-state index in [2.05, 4.69) is 36.4 Å². The van der Waals surface area contributed by atoms with E-state index < -0.39 is 0 Å². The van der Waals surface area contributed by atoms with Gasteiger partial charge in [0.05, 0.1) is 6.61 Å². The summed E-state index contributed by atoms with van der Waals surface area (Å²) in [5.41, 5.74) is 6.57. The highest BCUT2D eigenvalue weighted by Gasteiger charge is 2.22. The lowest BCUT2D eigenvalue weighted by Crippen LogP contribution is -2.23. The summed E-state index contributed by atoms with van der Waals surface area (Å²) in [5, 5.41) is 25.0. The first kappa shape index (κ1) is 16.0. The van der Waals surface area contributed by atoms with Gasteiger partial charge in [-0.1, -0.05) is 42.5 Å². The Morgan fingerprint density at radius 2 is 1.77 bits per heavy atom. The number of benzene rings is 2. The molecule has 2 N–H and O–H groups in total. The van der Waals surface area contributed by atoms with Gasteiger partial charge in [-0.05, 0) is 81.2 Å². The molecule has 3 aliphatic carbocycles. The molecule has 132 valence electrons. The standard InChI is InChI=1S/C24H24O2/c25-13-15-10-16(14-26)12-20(11-15)21-8-6-19-5-4-17-2-1-3-18-7-9-22(21)24(19)23(17)18/h2,4-5,7,9-11,16,25-26H,1,3,6,8,12-14H2. The maximum absolute atomic E-state index is 9.68. The molecule has 2 nitrogen and oxygen atoms in total. The third kappa shape index (κ3) is 2.40. The summed E-state index contributed by atoms with van der Waals surface area (Å²) < 4.78 is 0. The van der Waals surface area contributed by atoms with E-state index in [0.29, 0.717) is 0 Å². The van der Waals surface area contributed by atoms with Gasteiger partial charge >= 0.3 is 0 Å². The molecule has 0 aliphatic heterocycles. The van der Waals surface area contributed by atoms with Crippen LogP contribution in [0.5, 0.6) is 0 Å². The summed E-state index contributed by atoms with van der Waals surface area (Å²) in [5.74, 6) is 0.111. The van der Waals surface area contributed by atoms with Gasteiger partial charge in [0.1, 0.15) is 0 Å². The third-order valence-electron chi connectivity index (χ3n) is 6.21. The average molecular weight is 344 g/mol. The summed E-state index contributed by atoms with van der Waals surface area (Å²) in [7, 11) is 0. The topological polar surface area (TPSA) is 40.5 Å². The minimum absolute atomic E-state index is 0.0390. The Bertz CT molecular complexity index is 1090. The number of hydrogen-bond donors (Lipinski definition) is 2. The molecule has 2 heteroatoms. The first-order chi connectivity index (χ1) is 12.8. The Labute approximate surface area is 153 Å². The van der Waals surface area contributed by atoms with Crippen LogP contribution in [0.2, 0.25) is 0 Å². The Kier molecular flexibility index (Phi) is 3.84. The molecule has 1 atom stereocenters. The zero-order valence-corrected chi connectivity index (χ0v) is 15.0. The number of aryl methyl sites for hydroxylation is 2. The number of allylic oxidation sites excluding steroid dienone is 1. The van der Waals surface area contributed by atoms with E-state index in [1.165, 1.54) is 43.5 Å². The second-order valence-corrected chi connectivity index (χ2v) is 7.77. The van der Waals surface area contributed by atoms with Crippen LogP contribution < -0.4 is 10.4 Å². The van der Waals surface area contributed by atoms with Gasteiger partial charge in [0.25, 0.3) is 0 Å². The van der Waals surface area contributed by atoms with Crippen LogP contribution in [0, 0.1) is 5.92 Å². The SMILES string of the molecule is OCC1=CC(CO)CC(C2=c3ccc4c5c(ccc(c35)CC2)=CCC4)=C1. The molecule has 0 fully saturated rings. The van der Waals surface area contributed by atoms with Crippen molar-refractivity contribution in [1.82, 2.24) is 0 Å². The molecule has 0 bridgehead atoms. The summed E-state index contributed by atoms with van der Waals surface area (Å²) in [6.45, 7) is 0.176. The van der Waals surface area contributed by atoms with Gasteiger partial charge in [0.15, 0.2) is 0 Å². The molecular formula is C24H24O2. The number of aliphatic hydroxyl groups is 2. The first-order valence-corrected chi connectivity index (χ1v) is 9.68. The van der Waals surface area contributed by atoms with E-state index in [9.17, 15) is 10.2 Å². The monoisotopic (exact) mass is 344 g/mol.